The van der Waals surface area contributed by atoms with Crippen molar-refractivity contribution in [2.45, 2.75) is 78.3 Å². The molecule has 1 atom stereocenters. The number of aromatic nitrogens is 2. The van der Waals surface area contributed by atoms with E-state index in [0.29, 0.717) is 17.5 Å². The van der Waals surface area contributed by atoms with E-state index < -0.39 is 0 Å². The molecule has 1 unspecified atom stereocenters. The molecule has 0 aromatic carbocycles. The van der Waals surface area contributed by atoms with Crippen LogP contribution in [0.25, 0.3) is 0 Å². The molecular formula is C17H31N3. The number of rotatable bonds is 6. The van der Waals surface area contributed by atoms with E-state index in [1.165, 1.54) is 37.8 Å². The number of hydrogen-bond acceptors (Lipinski definition) is 2. The second kappa shape index (κ2) is 6.75. The minimum absolute atomic E-state index is 0.310. The highest BCUT2D eigenvalue weighted by Crippen LogP contribution is 2.29. The summed E-state index contributed by atoms with van der Waals surface area (Å²) in [6.45, 7) is 10.2. The molecule has 1 fully saturated rings. The zero-order chi connectivity index (χ0) is 14.6. The van der Waals surface area contributed by atoms with Crippen molar-refractivity contribution in [3.63, 3.8) is 0 Å². The van der Waals surface area contributed by atoms with E-state index in [-0.39, 0.29) is 0 Å². The summed E-state index contributed by atoms with van der Waals surface area (Å²) in [6, 6.07) is 3.43. The van der Waals surface area contributed by atoms with Crippen molar-refractivity contribution in [2.24, 2.45) is 5.41 Å². The van der Waals surface area contributed by atoms with E-state index in [4.69, 9.17) is 5.10 Å². The topological polar surface area (TPSA) is 29.9 Å². The predicted molar refractivity (Wildman–Crippen MR) is 85.0 cm³/mol. The molecule has 3 nitrogen and oxygen atoms in total. The standard InChI is InChI=1S/C17H31N3/c1-5-18-16(17(2,3)4)11-10-14-12-13-20(19-14)15-8-6-7-9-15/h12-13,15-16,18H,5-11H2,1-4H3. The van der Waals surface area contributed by atoms with Gasteiger partial charge in [-0.05, 0) is 43.7 Å². The number of nitrogens with one attached hydrogen (secondary N) is 1. The molecule has 0 aliphatic heterocycles. The van der Waals surface area contributed by atoms with Crippen LogP contribution >= 0.6 is 0 Å². The Balaban J connectivity index is 1.89. The van der Waals surface area contributed by atoms with Crippen LogP contribution in [0.15, 0.2) is 12.3 Å². The van der Waals surface area contributed by atoms with E-state index >= 15 is 0 Å². The average molecular weight is 277 g/mol. The third kappa shape index (κ3) is 4.08. The van der Waals surface area contributed by atoms with Crippen LogP contribution in [0, 0.1) is 5.41 Å². The smallest absolute Gasteiger partial charge is 0.0625 e. The Hall–Kier alpha value is -0.830. The lowest BCUT2D eigenvalue weighted by atomic mass is 9.84. The first-order valence-corrected chi connectivity index (χ1v) is 8.28. The largest absolute Gasteiger partial charge is 0.314 e. The molecule has 3 heteroatoms. The van der Waals surface area contributed by atoms with Gasteiger partial charge >= 0.3 is 0 Å². The van der Waals surface area contributed by atoms with Gasteiger partial charge in [0.25, 0.3) is 0 Å². The normalized spacial score (nSPS) is 18.6. The minimum Gasteiger partial charge on any atom is -0.314 e. The van der Waals surface area contributed by atoms with Crippen LogP contribution in [0.4, 0.5) is 0 Å². The summed E-state index contributed by atoms with van der Waals surface area (Å²) in [5, 5.41) is 8.42. The third-order valence-electron chi connectivity index (χ3n) is 4.55. The summed E-state index contributed by atoms with van der Waals surface area (Å²) in [4.78, 5) is 0. The van der Waals surface area contributed by atoms with E-state index in [0.717, 1.165) is 13.0 Å². The molecule has 114 valence electrons. The van der Waals surface area contributed by atoms with Gasteiger partial charge in [0.1, 0.15) is 0 Å². The van der Waals surface area contributed by atoms with Crippen molar-refractivity contribution in [1.82, 2.24) is 15.1 Å². The molecule has 1 N–H and O–H groups in total. The monoisotopic (exact) mass is 277 g/mol. The van der Waals surface area contributed by atoms with Crippen molar-refractivity contribution < 1.29 is 0 Å². The van der Waals surface area contributed by atoms with Gasteiger partial charge in [0.15, 0.2) is 0 Å². The fraction of sp³-hybridized carbons (Fsp3) is 0.824. The van der Waals surface area contributed by atoms with Crippen molar-refractivity contribution in [2.75, 3.05) is 6.54 Å². The van der Waals surface area contributed by atoms with E-state index in [1.54, 1.807) is 0 Å². The van der Waals surface area contributed by atoms with Gasteiger partial charge in [-0.15, -0.1) is 0 Å². The highest BCUT2D eigenvalue weighted by atomic mass is 15.3. The lowest BCUT2D eigenvalue weighted by Crippen LogP contribution is -2.40. The minimum atomic E-state index is 0.310. The summed E-state index contributed by atoms with van der Waals surface area (Å²) in [7, 11) is 0. The molecule has 0 radical (unpaired) electrons. The summed E-state index contributed by atoms with van der Waals surface area (Å²) in [5.74, 6) is 0. The number of aryl methyl sites for hydroxylation is 1. The molecule has 0 amide bonds. The molecule has 20 heavy (non-hydrogen) atoms. The molecule has 0 bridgehead atoms. The van der Waals surface area contributed by atoms with Gasteiger partial charge in [0, 0.05) is 12.2 Å². The Labute approximate surface area is 124 Å². The van der Waals surface area contributed by atoms with Gasteiger partial charge in [-0.1, -0.05) is 40.5 Å². The van der Waals surface area contributed by atoms with Crippen molar-refractivity contribution in [3.8, 4) is 0 Å². The van der Waals surface area contributed by atoms with Gasteiger partial charge in [0.05, 0.1) is 11.7 Å². The number of nitrogens with zero attached hydrogens (tertiary/aromatic N) is 2. The highest BCUT2D eigenvalue weighted by Gasteiger charge is 2.24. The predicted octanol–water partition coefficient (Wildman–Crippen LogP) is 3.96. The van der Waals surface area contributed by atoms with Crippen molar-refractivity contribution in [1.29, 1.82) is 0 Å². The van der Waals surface area contributed by atoms with Gasteiger partial charge in [-0.25, -0.2) is 0 Å². The lowest BCUT2D eigenvalue weighted by Gasteiger charge is -2.31. The summed E-state index contributed by atoms with van der Waals surface area (Å²) < 4.78 is 2.21. The average Bonchev–Trinajstić information content (AvgIpc) is 3.03. The first-order valence-electron chi connectivity index (χ1n) is 8.28. The van der Waals surface area contributed by atoms with Crippen LogP contribution in [-0.4, -0.2) is 22.4 Å². The molecule has 0 saturated heterocycles. The third-order valence-corrected chi connectivity index (χ3v) is 4.55. The SMILES string of the molecule is CCNC(CCc1ccn(C2CCCC2)n1)C(C)(C)C. The van der Waals surface area contributed by atoms with E-state index in [2.05, 4.69) is 50.0 Å². The summed E-state index contributed by atoms with van der Waals surface area (Å²) in [6.07, 6.45) is 9.78. The van der Waals surface area contributed by atoms with E-state index in [9.17, 15) is 0 Å². The highest BCUT2D eigenvalue weighted by molar-refractivity contribution is 5.01. The van der Waals surface area contributed by atoms with Gasteiger partial charge < -0.3 is 5.32 Å². The van der Waals surface area contributed by atoms with Crippen LogP contribution < -0.4 is 5.32 Å². The molecule has 1 aliphatic carbocycles. The second-order valence-electron chi connectivity index (χ2n) is 7.24. The Morgan fingerprint density at radius 2 is 2.05 bits per heavy atom. The maximum atomic E-state index is 4.80. The summed E-state index contributed by atoms with van der Waals surface area (Å²) in [5.41, 5.74) is 1.56. The zero-order valence-corrected chi connectivity index (χ0v) is 13.7. The van der Waals surface area contributed by atoms with Crippen LogP contribution in [0.2, 0.25) is 0 Å². The maximum absolute atomic E-state index is 4.80. The Morgan fingerprint density at radius 1 is 1.35 bits per heavy atom. The first kappa shape index (κ1) is 15.6. The molecule has 1 aliphatic rings. The fourth-order valence-corrected chi connectivity index (χ4v) is 3.26. The van der Waals surface area contributed by atoms with Gasteiger partial charge in [-0.3, -0.25) is 4.68 Å². The fourth-order valence-electron chi connectivity index (χ4n) is 3.26. The quantitative estimate of drug-likeness (QED) is 0.853. The Kier molecular flexibility index (Phi) is 5.25. The Morgan fingerprint density at radius 3 is 2.65 bits per heavy atom. The van der Waals surface area contributed by atoms with Crippen molar-refractivity contribution in [3.05, 3.63) is 18.0 Å². The van der Waals surface area contributed by atoms with Crippen LogP contribution in [-0.2, 0) is 6.42 Å². The van der Waals surface area contributed by atoms with Crippen molar-refractivity contribution >= 4 is 0 Å². The molecule has 1 heterocycles. The van der Waals surface area contributed by atoms with Crippen LogP contribution in [0.3, 0.4) is 0 Å². The Bertz CT molecular complexity index is 397. The lowest BCUT2D eigenvalue weighted by molar-refractivity contribution is 0.257. The van der Waals surface area contributed by atoms with Gasteiger partial charge in [0.2, 0.25) is 0 Å². The molecule has 0 spiro atoms. The molecule has 2 rings (SSSR count). The van der Waals surface area contributed by atoms with Crippen LogP contribution in [0.1, 0.15) is 71.5 Å². The number of hydrogen-bond donors (Lipinski definition) is 1. The second-order valence-corrected chi connectivity index (χ2v) is 7.24. The van der Waals surface area contributed by atoms with Crippen LogP contribution in [0.5, 0.6) is 0 Å². The molecular weight excluding hydrogens is 246 g/mol. The molecule has 1 aromatic heterocycles. The zero-order valence-electron chi connectivity index (χ0n) is 13.7. The molecule has 1 aromatic rings. The van der Waals surface area contributed by atoms with Gasteiger partial charge in [-0.2, -0.15) is 5.10 Å². The maximum Gasteiger partial charge on any atom is 0.0625 e. The summed E-state index contributed by atoms with van der Waals surface area (Å²) >= 11 is 0. The first-order chi connectivity index (χ1) is 9.50. The molecule has 1 saturated carbocycles. The van der Waals surface area contributed by atoms with E-state index in [1.807, 2.05) is 0 Å².